The standard InChI is InChI=1S/C22H17FN2O/c1-14-9-15(13-24-21(14)17-6-4-7-19(23)12-17)10-18-11-16-5-2-3-8-20(16)25-22(18)26/h2-9,11-13H,10H2,1H3,(H,25,26). The van der Waals surface area contributed by atoms with Gasteiger partial charge in [0, 0.05) is 29.3 Å². The summed E-state index contributed by atoms with van der Waals surface area (Å²) in [6, 6.07) is 18.0. The van der Waals surface area contributed by atoms with Crippen LogP contribution < -0.4 is 5.56 Å². The predicted molar refractivity (Wildman–Crippen MR) is 102 cm³/mol. The van der Waals surface area contributed by atoms with Crippen LogP contribution in [-0.4, -0.2) is 9.97 Å². The molecule has 0 aliphatic carbocycles. The molecule has 0 atom stereocenters. The quantitative estimate of drug-likeness (QED) is 0.589. The van der Waals surface area contributed by atoms with Gasteiger partial charge in [0.2, 0.25) is 0 Å². The van der Waals surface area contributed by atoms with Crippen molar-refractivity contribution in [2.75, 3.05) is 0 Å². The Bertz CT molecular complexity index is 1160. The molecule has 128 valence electrons. The molecule has 4 aromatic rings. The van der Waals surface area contributed by atoms with Crippen LogP contribution in [0.5, 0.6) is 0 Å². The van der Waals surface area contributed by atoms with Crippen LogP contribution in [0.2, 0.25) is 0 Å². The molecule has 3 nitrogen and oxygen atoms in total. The molecule has 0 fully saturated rings. The Morgan fingerprint density at radius 1 is 1.04 bits per heavy atom. The van der Waals surface area contributed by atoms with Gasteiger partial charge >= 0.3 is 0 Å². The molecule has 4 rings (SSSR count). The van der Waals surface area contributed by atoms with E-state index in [1.165, 1.54) is 12.1 Å². The summed E-state index contributed by atoms with van der Waals surface area (Å²) in [4.78, 5) is 19.7. The highest BCUT2D eigenvalue weighted by atomic mass is 19.1. The van der Waals surface area contributed by atoms with Crippen molar-refractivity contribution in [2.24, 2.45) is 0 Å². The van der Waals surface area contributed by atoms with E-state index in [9.17, 15) is 9.18 Å². The minimum Gasteiger partial charge on any atom is -0.322 e. The predicted octanol–water partition coefficient (Wildman–Crippen LogP) is 4.63. The number of aromatic nitrogens is 2. The second-order valence-corrected chi connectivity index (χ2v) is 6.41. The van der Waals surface area contributed by atoms with E-state index in [0.29, 0.717) is 12.0 Å². The lowest BCUT2D eigenvalue weighted by Gasteiger charge is -2.09. The van der Waals surface area contributed by atoms with Crippen LogP contribution in [0.25, 0.3) is 22.2 Å². The summed E-state index contributed by atoms with van der Waals surface area (Å²) in [5.41, 5.74) is 4.84. The SMILES string of the molecule is Cc1cc(Cc2cc3ccccc3[nH]c2=O)cnc1-c1cccc(F)c1. The number of halogens is 1. The zero-order valence-electron chi connectivity index (χ0n) is 14.3. The van der Waals surface area contributed by atoms with Crippen LogP contribution in [-0.2, 0) is 6.42 Å². The average Bonchev–Trinajstić information content (AvgIpc) is 2.62. The summed E-state index contributed by atoms with van der Waals surface area (Å²) >= 11 is 0. The molecule has 0 saturated carbocycles. The topological polar surface area (TPSA) is 45.8 Å². The fourth-order valence-electron chi connectivity index (χ4n) is 3.21. The molecule has 0 radical (unpaired) electrons. The number of aryl methyl sites for hydroxylation is 1. The summed E-state index contributed by atoms with van der Waals surface area (Å²) < 4.78 is 13.5. The van der Waals surface area contributed by atoms with E-state index in [0.717, 1.165) is 33.3 Å². The number of rotatable bonds is 3. The monoisotopic (exact) mass is 344 g/mol. The Balaban J connectivity index is 1.68. The number of nitrogens with one attached hydrogen (secondary N) is 1. The Morgan fingerprint density at radius 3 is 2.69 bits per heavy atom. The molecule has 2 aromatic carbocycles. The van der Waals surface area contributed by atoms with Gasteiger partial charge in [0.25, 0.3) is 5.56 Å². The summed E-state index contributed by atoms with van der Waals surface area (Å²) in [5, 5.41) is 1.00. The molecule has 0 aliphatic rings. The van der Waals surface area contributed by atoms with Crippen LogP contribution in [0.4, 0.5) is 4.39 Å². The third kappa shape index (κ3) is 3.14. The molecule has 26 heavy (non-hydrogen) atoms. The highest BCUT2D eigenvalue weighted by molar-refractivity contribution is 5.78. The van der Waals surface area contributed by atoms with Crippen molar-refractivity contribution in [3.63, 3.8) is 0 Å². The van der Waals surface area contributed by atoms with Gasteiger partial charge in [0.05, 0.1) is 5.69 Å². The van der Waals surface area contributed by atoms with E-state index in [1.54, 1.807) is 12.3 Å². The number of fused-ring (bicyclic) bond motifs is 1. The zero-order valence-corrected chi connectivity index (χ0v) is 14.3. The zero-order chi connectivity index (χ0) is 18.1. The molecule has 0 spiro atoms. The van der Waals surface area contributed by atoms with Crippen LogP contribution in [0.1, 0.15) is 16.7 Å². The van der Waals surface area contributed by atoms with Crippen LogP contribution in [0.15, 0.2) is 71.7 Å². The Labute approximate surface area is 150 Å². The van der Waals surface area contributed by atoms with E-state index in [4.69, 9.17) is 0 Å². The van der Waals surface area contributed by atoms with Crippen molar-refractivity contribution in [1.82, 2.24) is 9.97 Å². The van der Waals surface area contributed by atoms with Crippen molar-refractivity contribution in [1.29, 1.82) is 0 Å². The molecule has 0 aliphatic heterocycles. The van der Waals surface area contributed by atoms with E-state index < -0.39 is 0 Å². The number of hydrogen-bond donors (Lipinski definition) is 1. The summed E-state index contributed by atoms with van der Waals surface area (Å²) in [6.45, 7) is 1.95. The number of hydrogen-bond acceptors (Lipinski definition) is 2. The fraction of sp³-hybridized carbons (Fsp3) is 0.0909. The van der Waals surface area contributed by atoms with Gasteiger partial charge in [0.15, 0.2) is 0 Å². The second-order valence-electron chi connectivity index (χ2n) is 6.41. The van der Waals surface area contributed by atoms with Gasteiger partial charge in [-0.05, 0) is 47.7 Å². The fourth-order valence-corrected chi connectivity index (χ4v) is 3.21. The van der Waals surface area contributed by atoms with E-state index >= 15 is 0 Å². The third-order valence-corrected chi connectivity index (χ3v) is 4.46. The maximum atomic E-state index is 13.5. The molecule has 0 bridgehead atoms. The summed E-state index contributed by atoms with van der Waals surface area (Å²) in [7, 11) is 0. The number of pyridine rings is 2. The molecular weight excluding hydrogens is 327 g/mol. The first-order chi connectivity index (χ1) is 12.6. The van der Waals surface area contributed by atoms with Gasteiger partial charge < -0.3 is 4.98 Å². The lowest BCUT2D eigenvalue weighted by atomic mass is 10.0. The van der Waals surface area contributed by atoms with Crippen LogP contribution in [0.3, 0.4) is 0 Å². The minimum atomic E-state index is -0.282. The first kappa shape index (κ1) is 16.2. The van der Waals surface area contributed by atoms with E-state index in [1.807, 2.05) is 49.4 Å². The molecular formula is C22H17FN2O. The van der Waals surface area contributed by atoms with Crippen molar-refractivity contribution >= 4 is 10.9 Å². The molecule has 0 amide bonds. The maximum absolute atomic E-state index is 13.5. The minimum absolute atomic E-state index is 0.0874. The summed E-state index contributed by atoms with van der Waals surface area (Å²) in [5.74, 6) is -0.282. The van der Waals surface area contributed by atoms with Gasteiger partial charge in [-0.25, -0.2) is 4.39 Å². The Kier molecular flexibility index (Phi) is 4.09. The van der Waals surface area contributed by atoms with Crippen molar-refractivity contribution in [2.45, 2.75) is 13.3 Å². The van der Waals surface area contributed by atoms with Crippen molar-refractivity contribution in [3.8, 4) is 11.3 Å². The molecule has 2 aromatic heterocycles. The smallest absolute Gasteiger partial charge is 0.251 e. The third-order valence-electron chi connectivity index (χ3n) is 4.46. The number of nitrogens with zero attached hydrogens (tertiary/aromatic N) is 1. The van der Waals surface area contributed by atoms with Crippen molar-refractivity contribution < 1.29 is 4.39 Å². The van der Waals surface area contributed by atoms with Crippen LogP contribution in [0, 0.1) is 12.7 Å². The highest BCUT2D eigenvalue weighted by Gasteiger charge is 2.09. The number of H-pyrrole nitrogens is 1. The van der Waals surface area contributed by atoms with Gasteiger partial charge in [-0.2, -0.15) is 0 Å². The molecule has 4 heteroatoms. The van der Waals surface area contributed by atoms with Gasteiger partial charge in [-0.3, -0.25) is 9.78 Å². The van der Waals surface area contributed by atoms with Gasteiger partial charge in [-0.1, -0.05) is 36.4 Å². The maximum Gasteiger partial charge on any atom is 0.251 e. The highest BCUT2D eigenvalue weighted by Crippen LogP contribution is 2.23. The number of benzene rings is 2. The van der Waals surface area contributed by atoms with Gasteiger partial charge in [0.1, 0.15) is 5.82 Å². The Morgan fingerprint density at radius 2 is 1.88 bits per heavy atom. The molecule has 0 saturated heterocycles. The first-order valence-electron chi connectivity index (χ1n) is 8.42. The second kappa shape index (κ2) is 6.56. The Hall–Kier alpha value is -3.27. The largest absolute Gasteiger partial charge is 0.322 e. The van der Waals surface area contributed by atoms with Crippen molar-refractivity contribution in [3.05, 3.63) is 99.7 Å². The molecule has 0 unspecified atom stereocenters. The average molecular weight is 344 g/mol. The van der Waals surface area contributed by atoms with Crippen LogP contribution >= 0.6 is 0 Å². The number of aromatic amines is 1. The lowest BCUT2D eigenvalue weighted by Crippen LogP contribution is -2.12. The summed E-state index contributed by atoms with van der Waals surface area (Å²) in [6.07, 6.45) is 2.25. The normalized spacial score (nSPS) is 11.0. The molecule has 1 N–H and O–H groups in total. The first-order valence-corrected chi connectivity index (χ1v) is 8.42. The lowest BCUT2D eigenvalue weighted by molar-refractivity contribution is 0.628. The number of para-hydroxylation sites is 1. The molecule has 2 heterocycles. The van der Waals surface area contributed by atoms with E-state index in [-0.39, 0.29) is 11.4 Å². The van der Waals surface area contributed by atoms with Gasteiger partial charge in [-0.15, -0.1) is 0 Å². The van der Waals surface area contributed by atoms with E-state index in [2.05, 4.69) is 9.97 Å².